The number of nitrogens with one attached hydrogen (secondary N) is 2. The molecule has 3 N–H and O–H groups in total. The molecule has 0 spiro atoms. The van der Waals surface area contributed by atoms with Crippen LogP contribution in [0.2, 0.25) is 5.02 Å². The number of carbonyl (C=O) groups excluding carboxylic acids is 1. The Morgan fingerprint density at radius 3 is 2.74 bits per heavy atom. The highest BCUT2D eigenvalue weighted by atomic mass is 35.5. The van der Waals surface area contributed by atoms with Gasteiger partial charge in [0.15, 0.2) is 11.8 Å². The second kappa shape index (κ2) is 10.8. The predicted octanol–water partition coefficient (Wildman–Crippen LogP) is 4.73. The summed E-state index contributed by atoms with van der Waals surface area (Å²) in [5.74, 6) is -3.27. The van der Waals surface area contributed by atoms with E-state index in [2.05, 4.69) is 31.1 Å². The number of halogens is 3. The third kappa shape index (κ3) is 5.31. The van der Waals surface area contributed by atoms with Gasteiger partial charge < -0.3 is 29.6 Å². The number of allylic oxidation sites excluding steroid dienone is 1. The van der Waals surface area contributed by atoms with Crippen molar-refractivity contribution in [2.45, 2.75) is 49.9 Å². The number of methoxy groups -OCH3 is 1. The van der Waals surface area contributed by atoms with Crippen molar-refractivity contribution in [3.05, 3.63) is 47.0 Å². The average molecular weight is 549 g/mol. The molecular formula is C26H27ClF2N4O5. The normalized spacial score (nSPS) is 22.8. The molecule has 1 unspecified atom stereocenters. The molecule has 1 fully saturated rings. The van der Waals surface area contributed by atoms with Crippen molar-refractivity contribution >= 4 is 34.4 Å². The van der Waals surface area contributed by atoms with E-state index < -0.39 is 30.8 Å². The van der Waals surface area contributed by atoms with E-state index in [1.807, 2.05) is 24.3 Å². The number of imidazole rings is 1. The molecule has 3 heterocycles. The number of aliphatic hydroxyl groups excluding tert-OH is 1. The van der Waals surface area contributed by atoms with Gasteiger partial charge in [-0.1, -0.05) is 41.9 Å². The van der Waals surface area contributed by atoms with Crippen LogP contribution in [0.4, 0.5) is 13.6 Å². The summed E-state index contributed by atoms with van der Waals surface area (Å²) in [5, 5.41) is 12.2. The summed E-state index contributed by atoms with van der Waals surface area (Å²) in [6, 6.07) is 9.37. The zero-order valence-electron chi connectivity index (χ0n) is 20.5. The third-order valence-corrected chi connectivity index (χ3v) is 7.09. The SMILES string of the molecule is COC(=O)NC1CC=C(c2ccc(-c3nc4nc(O[C@@H]5CO[C@H](CCO)C5(F)F)[nH]c4cc3Cl)cc2)CC1. The summed E-state index contributed by atoms with van der Waals surface area (Å²) in [7, 11) is 1.35. The van der Waals surface area contributed by atoms with Crippen LogP contribution in [-0.2, 0) is 9.47 Å². The maximum Gasteiger partial charge on any atom is 0.407 e. The molecule has 38 heavy (non-hydrogen) atoms. The highest BCUT2D eigenvalue weighted by molar-refractivity contribution is 6.33. The maximum absolute atomic E-state index is 14.5. The zero-order valence-corrected chi connectivity index (χ0v) is 21.3. The Bertz CT molecular complexity index is 1350. The molecule has 3 atom stereocenters. The van der Waals surface area contributed by atoms with Crippen LogP contribution < -0.4 is 10.1 Å². The highest BCUT2D eigenvalue weighted by Gasteiger charge is 2.55. The number of ether oxygens (including phenoxy) is 3. The number of benzene rings is 1. The molecule has 5 rings (SSSR count). The molecular weight excluding hydrogens is 522 g/mol. The van der Waals surface area contributed by atoms with E-state index >= 15 is 0 Å². The molecule has 1 saturated heterocycles. The number of carbonyl (C=O) groups is 1. The lowest BCUT2D eigenvalue weighted by molar-refractivity contribution is -0.110. The Hall–Kier alpha value is -3.28. The van der Waals surface area contributed by atoms with E-state index in [-0.39, 0.29) is 30.7 Å². The van der Waals surface area contributed by atoms with Crippen LogP contribution in [-0.4, -0.2) is 70.6 Å². The number of aromatic amines is 1. The topological polar surface area (TPSA) is 119 Å². The van der Waals surface area contributed by atoms with Crippen LogP contribution in [0.5, 0.6) is 6.01 Å². The van der Waals surface area contributed by atoms with Gasteiger partial charge in [-0.25, -0.2) is 9.78 Å². The number of hydrogen-bond donors (Lipinski definition) is 3. The van der Waals surface area contributed by atoms with Crippen molar-refractivity contribution in [3.63, 3.8) is 0 Å². The number of alkyl carbamates (subject to hydrolysis) is 1. The lowest BCUT2D eigenvalue weighted by Crippen LogP contribution is -2.42. The fourth-order valence-electron chi connectivity index (χ4n) is 4.72. The summed E-state index contributed by atoms with van der Waals surface area (Å²) in [4.78, 5) is 23.0. The Labute approximate surface area is 222 Å². The van der Waals surface area contributed by atoms with Crippen LogP contribution in [0.15, 0.2) is 36.4 Å². The summed E-state index contributed by atoms with van der Waals surface area (Å²) in [6.07, 6.45) is 0.918. The van der Waals surface area contributed by atoms with Gasteiger partial charge >= 0.3 is 12.0 Å². The number of H-pyrrole nitrogens is 1. The molecule has 2 aromatic heterocycles. The molecule has 1 aliphatic heterocycles. The molecule has 202 valence electrons. The summed E-state index contributed by atoms with van der Waals surface area (Å²) < 4.78 is 44.3. The minimum Gasteiger partial charge on any atom is -0.453 e. The number of fused-ring (bicyclic) bond motifs is 1. The van der Waals surface area contributed by atoms with Gasteiger partial charge in [0.2, 0.25) is 0 Å². The fourth-order valence-corrected chi connectivity index (χ4v) is 4.98. The highest BCUT2D eigenvalue weighted by Crippen LogP contribution is 2.37. The number of alkyl halides is 2. The Morgan fingerprint density at radius 1 is 1.29 bits per heavy atom. The van der Waals surface area contributed by atoms with E-state index in [1.165, 1.54) is 12.7 Å². The summed E-state index contributed by atoms with van der Waals surface area (Å²) >= 11 is 6.50. The molecule has 1 aromatic carbocycles. The Kier molecular flexibility index (Phi) is 7.51. The molecule has 0 radical (unpaired) electrons. The second-order valence-electron chi connectivity index (χ2n) is 9.26. The molecule has 0 bridgehead atoms. The quantitative estimate of drug-likeness (QED) is 0.390. The van der Waals surface area contributed by atoms with E-state index in [0.29, 0.717) is 16.2 Å². The molecule has 9 nitrogen and oxygen atoms in total. The van der Waals surface area contributed by atoms with Gasteiger partial charge in [0.1, 0.15) is 6.10 Å². The van der Waals surface area contributed by atoms with Gasteiger partial charge in [0.25, 0.3) is 6.01 Å². The van der Waals surface area contributed by atoms with Crippen LogP contribution in [0, 0.1) is 0 Å². The van der Waals surface area contributed by atoms with Crippen molar-refractivity contribution in [2.75, 3.05) is 20.3 Å². The Morgan fingerprint density at radius 2 is 2.05 bits per heavy atom. The molecule has 3 aromatic rings. The number of nitrogens with zero attached hydrogens (tertiary/aromatic N) is 2. The summed E-state index contributed by atoms with van der Waals surface area (Å²) in [5.41, 5.74) is 4.25. The molecule has 1 amide bonds. The van der Waals surface area contributed by atoms with Crippen LogP contribution in [0.25, 0.3) is 28.0 Å². The smallest absolute Gasteiger partial charge is 0.407 e. The second-order valence-corrected chi connectivity index (χ2v) is 9.67. The summed E-state index contributed by atoms with van der Waals surface area (Å²) in [6.45, 7) is -0.726. The molecule has 12 heteroatoms. The van der Waals surface area contributed by atoms with E-state index in [0.717, 1.165) is 30.4 Å². The van der Waals surface area contributed by atoms with Gasteiger partial charge in [0, 0.05) is 24.6 Å². The van der Waals surface area contributed by atoms with Crippen LogP contribution in [0.1, 0.15) is 31.2 Å². The standard InChI is InChI=1S/C26H27ClF2N4O5/c1-36-25(35)30-17-8-6-15(7-9-17)14-2-4-16(5-3-14)22-18(27)12-19-23(32-22)33-24(31-19)38-21-13-37-20(10-11-34)26(21,28)29/h2-6,12,17,20-21,34H,7-11,13H2,1H3,(H,30,35)(H,31,32,33)/t17?,20-,21-/m1/s1. The number of rotatable bonds is 7. The van der Waals surface area contributed by atoms with E-state index in [1.54, 1.807) is 6.07 Å². The van der Waals surface area contributed by atoms with Crippen molar-refractivity contribution in [2.24, 2.45) is 0 Å². The largest absolute Gasteiger partial charge is 0.453 e. The van der Waals surface area contributed by atoms with Crippen molar-refractivity contribution in [3.8, 4) is 17.3 Å². The predicted molar refractivity (Wildman–Crippen MR) is 136 cm³/mol. The van der Waals surface area contributed by atoms with Gasteiger partial charge in [-0.2, -0.15) is 13.8 Å². The maximum atomic E-state index is 14.5. The number of hydrogen-bond acceptors (Lipinski definition) is 7. The average Bonchev–Trinajstić information content (AvgIpc) is 3.43. The first-order chi connectivity index (χ1) is 18.3. The van der Waals surface area contributed by atoms with Gasteiger partial charge in [-0.05, 0) is 36.5 Å². The van der Waals surface area contributed by atoms with Crippen LogP contribution >= 0.6 is 11.6 Å². The number of aliphatic hydroxyl groups is 1. The number of pyridine rings is 1. The first kappa shape index (κ1) is 26.3. The fraction of sp³-hybridized carbons (Fsp3) is 0.423. The van der Waals surface area contributed by atoms with Crippen molar-refractivity contribution in [1.29, 1.82) is 0 Å². The zero-order chi connectivity index (χ0) is 26.9. The number of amides is 1. The van der Waals surface area contributed by atoms with Crippen LogP contribution in [0.3, 0.4) is 0 Å². The first-order valence-corrected chi connectivity index (χ1v) is 12.6. The molecule has 2 aliphatic rings. The van der Waals surface area contributed by atoms with E-state index in [4.69, 9.17) is 26.2 Å². The van der Waals surface area contributed by atoms with Crippen molar-refractivity contribution in [1.82, 2.24) is 20.3 Å². The first-order valence-electron chi connectivity index (χ1n) is 12.3. The van der Waals surface area contributed by atoms with Gasteiger partial charge in [0.05, 0.1) is 29.9 Å². The van der Waals surface area contributed by atoms with E-state index in [9.17, 15) is 13.6 Å². The minimum atomic E-state index is -3.27. The Balaban J connectivity index is 1.30. The van der Waals surface area contributed by atoms with Crippen molar-refractivity contribution < 1.29 is 32.9 Å². The van der Waals surface area contributed by atoms with Gasteiger partial charge in [-0.3, -0.25) is 0 Å². The molecule has 1 aliphatic carbocycles. The molecule has 0 saturated carbocycles. The lowest BCUT2D eigenvalue weighted by atomic mass is 9.90. The number of aromatic nitrogens is 3. The van der Waals surface area contributed by atoms with Gasteiger partial charge in [-0.15, -0.1) is 0 Å². The third-order valence-electron chi connectivity index (χ3n) is 6.80. The monoisotopic (exact) mass is 548 g/mol. The lowest BCUT2D eigenvalue weighted by Gasteiger charge is -2.22. The minimum absolute atomic E-state index is 0.0531.